The number of fused-ring (bicyclic) bond motifs is 1. The predicted molar refractivity (Wildman–Crippen MR) is 78.3 cm³/mol. The average Bonchev–Trinajstić information content (AvgIpc) is 2.36. The molecule has 21 heavy (non-hydrogen) atoms. The maximum atomic E-state index is 11.5. The highest BCUT2D eigenvalue weighted by Gasteiger charge is 2.29. The van der Waals surface area contributed by atoms with Gasteiger partial charge in [-0.2, -0.15) is 21.8 Å². The molecule has 0 fully saturated rings. The molecule has 0 aliphatic heterocycles. The summed E-state index contributed by atoms with van der Waals surface area (Å²) in [4.78, 5) is 1.51. The van der Waals surface area contributed by atoms with E-state index in [-0.39, 0.29) is 5.39 Å². The molecule has 110 valence electrons. The Morgan fingerprint density at radius 2 is 1.67 bits per heavy atom. The Labute approximate surface area is 125 Å². The van der Waals surface area contributed by atoms with Crippen molar-refractivity contribution in [2.75, 3.05) is 0 Å². The number of hydrogen-bond acceptors (Lipinski definition) is 6. The van der Waals surface area contributed by atoms with Gasteiger partial charge >= 0.3 is 0 Å². The zero-order valence-electron chi connectivity index (χ0n) is 10.1. The molecule has 0 heterocycles. The maximum Gasteiger partial charge on any atom is 0.298 e. The molecule has 0 spiro atoms. The zero-order valence-corrected chi connectivity index (χ0v) is 12.5. The first-order chi connectivity index (χ1) is 9.66. The molecule has 0 unspecified atom stereocenters. The number of nitrogens with zero attached hydrogens (tertiary/aromatic N) is 1. The second-order valence-corrected chi connectivity index (χ2v) is 6.86. The summed E-state index contributed by atoms with van der Waals surface area (Å²) in [5.41, 5.74) is -0.404. The summed E-state index contributed by atoms with van der Waals surface area (Å²) < 4.78 is 64.2. The van der Waals surface area contributed by atoms with Crippen LogP contribution in [0.2, 0.25) is 0 Å². The number of thiocarbonyl (C=S) groups is 1. The van der Waals surface area contributed by atoms with E-state index in [2.05, 4.69) is 17.2 Å². The first kappa shape index (κ1) is 15.7. The van der Waals surface area contributed by atoms with Crippen molar-refractivity contribution in [3.63, 3.8) is 0 Å². The summed E-state index contributed by atoms with van der Waals surface area (Å²) >= 11 is 4.41. The van der Waals surface area contributed by atoms with Gasteiger partial charge in [-0.25, -0.2) is 0 Å². The molecule has 2 aromatic carbocycles. The standard InChI is InChI=1S/C11H7NO6S3/c13-20(14,15)9-5-7-3-1-2-4-8(7)10(12-6-19)11(9)21(16,17)18/h1-5H,(H,13,14,15)(H,16,17,18). The molecule has 7 nitrogen and oxygen atoms in total. The third kappa shape index (κ3) is 3.00. The summed E-state index contributed by atoms with van der Waals surface area (Å²) in [6.07, 6.45) is 0. The lowest BCUT2D eigenvalue weighted by Crippen LogP contribution is -2.09. The van der Waals surface area contributed by atoms with Crippen molar-refractivity contribution in [1.82, 2.24) is 0 Å². The largest absolute Gasteiger partial charge is 0.298 e. The predicted octanol–water partition coefficient (Wildman–Crippen LogP) is 2.07. The van der Waals surface area contributed by atoms with Gasteiger partial charge < -0.3 is 0 Å². The van der Waals surface area contributed by atoms with Crippen molar-refractivity contribution in [1.29, 1.82) is 0 Å². The second-order valence-electron chi connectivity index (χ2n) is 3.93. The van der Waals surface area contributed by atoms with Crippen LogP contribution in [0, 0.1) is 0 Å². The minimum Gasteiger partial charge on any atom is -0.282 e. The molecule has 0 amide bonds. The Balaban J connectivity index is 3.22. The fraction of sp³-hybridized carbons (Fsp3) is 0. The monoisotopic (exact) mass is 345 g/mol. The lowest BCUT2D eigenvalue weighted by atomic mass is 10.1. The summed E-state index contributed by atoms with van der Waals surface area (Å²) in [5, 5.41) is 2.45. The number of isothiocyanates is 1. The van der Waals surface area contributed by atoms with Crippen LogP contribution in [0.4, 0.5) is 5.69 Å². The Hall–Kier alpha value is -1.68. The summed E-state index contributed by atoms with van der Waals surface area (Å²) in [6.45, 7) is 0. The molecule has 0 atom stereocenters. The number of aliphatic imine (C=N–C) groups is 1. The molecular weight excluding hydrogens is 338 g/mol. The number of hydrogen-bond donors (Lipinski definition) is 2. The smallest absolute Gasteiger partial charge is 0.282 e. The van der Waals surface area contributed by atoms with E-state index >= 15 is 0 Å². The molecule has 2 rings (SSSR count). The fourth-order valence-electron chi connectivity index (χ4n) is 1.88. The molecule has 0 radical (unpaired) electrons. The van der Waals surface area contributed by atoms with Crippen molar-refractivity contribution in [3.05, 3.63) is 30.3 Å². The Morgan fingerprint density at radius 3 is 2.19 bits per heavy atom. The van der Waals surface area contributed by atoms with E-state index < -0.39 is 35.7 Å². The third-order valence-corrected chi connectivity index (χ3v) is 4.66. The summed E-state index contributed by atoms with van der Waals surface area (Å²) in [7, 11) is -9.89. The Kier molecular flexibility index (Phi) is 3.93. The molecule has 0 saturated heterocycles. The highest BCUT2D eigenvalue weighted by molar-refractivity contribution is 7.89. The van der Waals surface area contributed by atoms with Crippen LogP contribution >= 0.6 is 12.2 Å². The van der Waals surface area contributed by atoms with E-state index in [1.807, 2.05) is 5.16 Å². The number of rotatable bonds is 3. The highest BCUT2D eigenvalue weighted by atomic mass is 32.2. The molecule has 0 aromatic heterocycles. The minimum atomic E-state index is -4.98. The lowest BCUT2D eigenvalue weighted by molar-refractivity contribution is 0.467. The van der Waals surface area contributed by atoms with Crippen LogP contribution in [0.5, 0.6) is 0 Å². The molecule has 10 heteroatoms. The zero-order chi connectivity index (χ0) is 15.8. The van der Waals surface area contributed by atoms with Crippen molar-refractivity contribution >= 4 is 54.1 Å². The van der Waals surface area contributed by atoms with Crippen LogP contribution in [0.15, 0.2) is 45.1 Å². The van der Waals surface area contributed by atoms with Crippen molar-refractivity contribution < 1.29 is 25.9 Å². The fourth-order valence-corrected chi connectivity index (χ4v) is 3.92. The summed E-state index contributed by atoms with van der Waals surface area (Å²) in [6, 6.07) is 7.01. The van der Waals surface area contributed by atoms with Gasteiger partial charge in [-0.1, -0.05) is 24.3 Å². The highest BCUT2D eigenvalue weighted by Crippen LogP contribution is 2.37. The van der Waals surface area contributed by atoms with Gasteiger partial charge in [-0.15, -0.1) is 0 Å². The van der Waals surface area contributed by atoms with Crippen molar-refractivity contribution in [2.45, 2.75) is 9.79 Å². The van der Waals surface area contributed by atoms with E-state index in [9.17, 15) is 25.9 Å². The van der Waals surface area contributed by atoms with Crippen LogP contribution in [-0.4, -0.2) is 31.1 Å². The van der Waals surface area contributed by atoms with Gasteiger partial charge in [-0.05, 0) is 23.7 Å². The summed E-state index contributed by atoms with van der Waals surface area (Å²) in [5.74, 6) is 0. The van der Waals surface area contributed by atoms with E-state index in [1.165, 1.54) is 12.1 Å². The van der Waals surface area contributed by atoms with E-state index in [0.717, 1.165) is 6.07 Å². The van der Waals surface area contributed by atoms with Crippen LogP contribution in [0.1, 0.15) is 0 Å². The van der Waals surface area contributed by atoms with Gasteiger partial charge in [0.15, 0.2) is 0 Å². The van der Waals surface area contributed by atoms with Gasteiger partial charge in [0.2, 0.25) is 0 Å². The van der Waals surface area contributed by atoms with Gasteiger partial charge in [0.05, 0.1) is 5.16 Å². The van der Waals surface area contributed by atoms with Gasteiger partial charge in [0.25, 0.3) is 20.2 Å². The second kappa shape index (κ2) is 5.26. The average molecular weight is 345 g/mol. The Bertz CT molecular complexity index is 988. The topological polar surface area (TPSA) is 121 Å². The van der Waals surface area contributed by atoms with E-state index in [1.54, 1.807) is 12.1 Å². The first-order valence-corrected chi connectivity index (χ1v) is 8.53. The SMILES string of the molecule is O=S(=O)(O)c1cc2ccccc2c(N=C=S)c1S(=O)(=O)O. The maximum absolute atomic E-state index is 11.5. The van der Waals surface area contributed by atoms with Gasteiger partial charge in [0.1, 0.15) is 15.5 Å². The van der Waals surface area contributed by atoms with Crippen LogP contribution in [-0.2, 0) is 20.2 Å². The first-order valence-electron chi connectivity index (χ1n) is 5.25. The molecule has 0 aliphatic carbocycles. The van der Waals surface area contributed by atoms with Crippen molar-refractivity contribution in [3.8, 4) is 0 Å². The molecule has 0 aliphatic rings. The molecule has 2 N–H and O–H groups in total. The van der Waals surface area contributed by atoms with Crippen LogP contribution in [0.25, 0.3) is 10.8 Å². The molecular formula is C11H7NO6S3. The number of benzene rings is 2. The molecule has 0 bridgehead atoms. The third-order valence-electron chi connectivity index (χ3n) is 2.63. The Morgan fingerprint density at radius 1 is 1.05 bits per heavy atom. The van der Waals surface area contributed by atoms with Crippen molar-refractivity contribution in [2.24, 2.45) is 4.99 Å². The van der Waals surface area contributed by atoms with E-state index in [4.69, 9.17) is 0 Å². The van der Waals surface area contributed by atoms with Gasteiger partial charge in [-0.3, -0.25) is 9.11 Å². The van der Waals surface area contributed by atoms with Crippen LogP contribution in [0.3, 0.4) is 0 Å². The quantitative estimate of drug-likeness (QED) is 0.496. The van der Waals surface area contributed by atoms with Gasteiger partial charge in [0, 0.05) is 5.39 Å². The van der Waals surface area contributed by atoms with Crippen LogP contribution < -0.4 is 0 Å². The van der Waals surface area contributed by atoms with E-state index in [0.29, 0.717) is 5.39 Å². The minimum absolute atomic E-state index is 0.231. The lowest BCUT2D eigenvalue weighted by Gasteiger charge is -2.10. The molecule has 2 aromatic rings. The normalized spacial score (nSPS) is 12.1. The molecule has 0 saturated carbocycles.